The van der Waals surface area contributed by atoms with Gasteiger partial charge in [-0.25, -0.2) is 0 Å². The summed E-state index contributed by atoms with van der Waals surface area (Å²) in [4.78, 5) is 12.7. The number of rotatable bonds is 7. The van der Waals surface area contributed by atoms with Gasteiger partial charge in [-0.05, 0) is 85.3 Å². The smallest absolute Gasteiger partial charge is 0.416 e. The number of benzene rings is 4. The highest BCUT2D eigenvalue weighted by atomic mass is 19.4. The van der Waals surface area contributed by atoms with Crippen molar-refractivity contribution in [3.8, 4) is 22.9 Å². The molecule has 0 aliphatic rings. The predicted molar refractivity (Wildman–Crippen MR) is 164 cm³/mol. The van der Waals surface area contributed by atoms with Crippen LogP contribution in [-0.2, 0) is 19.0 Å². The lowest BCUT2D eigenvalue weighted by molar-refractivity contribution is -0.384. The molecule has 4 aromatic carbocycles. The molecule has 2 aromatic heterocycles. The fourth-order valence-electron chi connectivity index (χ4n) is 4.84. The second-order valence-electron chi connectivity index (χ2n) is 10.6. The second kappa shape index (κ2) is 13.0. The summed E-state index contributed by atoms with van der Waals surface area (Å²) < 4.78 is 38.3. The normalized spacial score (nSPS) is 11.6. The van der Waals surface area contributed by atoms with Gasteiger partial charge >= 0.3 is 6.18 Å². The molecule has 0 amide bonds. The minimum Gasteiger partial charge on any atom is -0.505 e. The van der Waals surface area contributed by atoms with E-state index in [9.17, 15) is 33.5 Å². The maximum absolute atomic E-state index is 12.8. The zero-order valence-corrected chi connectivity index (χ0v) is 25.0. The molecule has 0 radical (unpaired) electrons. The molecule has 0 aliphatic carbocycles. The van der Waals surface area contributed by atoms with Crippen molar-refractivity contribution < 1.29 is 38.5 Å². The molecule has 6 rings (SSSR count). The Hall–Kier alpha value is -5.61. The number of non-ortho nitro benzene ring substituents is 1. The number of nitro groups is 1. The number of nitrogens with zero attached hydrogens (tertiary/aromatic N) is 7. The maximum Gasteiger partial charge on any atom is 0.416 e. The third-order valence-electron chi connectivity index (χ3n) is 7.19. The van der Waals surface area contributed by atoms with Gasteiger partial charge in [-0.1, -0.05) is 12.1 Å². The van der Waals surface area contributed by atoms with Crippen molar-refractivity contribution in [2.45, 2.75) is 32.9 Å². The molecule has 244 valence electrons. The van der Waals surface area contributed by atoms with Crippen molar-refractivity contribution in [3.05, 3.63) is 98.6 Å². The molecule has 16 heteroatoms. The highest BCUT2D eigenvalue weighted by molar-refractivity contribution is 5.77. The van der Waals surface area contributed by atoms with Crippen molar-refractivity contribution >= 4 is 27.8 Å². The number of halogens is 3. The molecule has 4 N–H and O–H groups in total. The van der Waals surface area contributed by atoms with Crippen molar-refractivity contribution in [1.82, 2.24) is 30.0 Å². The summed E-state index contributed by atoms with van der Waals surface area (Å²) in [6, 6.07) is 14.1. The molecule has 0 unspecified atom stereocenters. The number of aryl methyl sites for hydroxylation is 2. The van der Waals surface area contributed by atoms with Gasteiger partial charge in [0.1, 0.15) is 44.9 Å². The first kappa shape index (κ1) is 32.8. The largest absolute Gasteiger partial charge is 0.505 e. The Labute approximate surface area is 263 Å². The molecule has 0 bridgehead atoms. The number of phenolic OH excluding ortho intramolecular Hbond substituents is 2. The SMILES string of the molecule is Cc1cc(CCO)cc(-n2nc3ccc(C(F)(F)F)cc3n2)c1O.Cc1cc(CCO)cc(-n2nc3ccc([N+](=O)[O-])cc3n2)c1O. The van der Waals surface area contributed by atoms with Crippen molar-refractivity contribution in [1.29, 1.82) is 0 Å². The molecule has 0 spiro atoms. The van der Waals surface area contributed by atoms with Gasteiger partial charge in [0.15, 0.2) is 0 Å². The van der Waals surface area contributed by atoms with E-state index < -0.39 is 16.7 Å². The minimum absolute atomic E-state index is 0.00956. The standard InChI is InChI=1S/C16H14F3N3O2.C15H14N4O4/c1-9-6-10(4-5-23)7-14(15(9)24)22-20-12-3-2-11(16(17,18)19)8-13(12)21-22;1-9-6-10(4-5-20)7-14(15(9)21)18-16-12-3-2-11(19(22)23)8-13(12)17-18/h2-3,6-8,23-24H,4-5H2,1H3;2-3,6-8,20-21H,4-5H2,1H3. The van der Waals surface area contributed by atoms with Crippen LogP contribution in [0.4, 0.5) is 18.9 Å². The van der Waals surface area contributed by atoms with Crippen molar-refractivity contribution in [2.75, 3.05) is 13.2 Å². The fraction of sp³-hybridized carbons (Fsp3) is 0.226. The van der Waals surface area contributed by atoms with Gasteiger partial charge in [-0.3, -0.25) is 10.1 Å². The lowest BCUT2D eigenvalue weighted by Gasteiger charge is -2.09. The van der Waals surface area contributed by atoms with Gasteiger partial charge in [-0.15, -0.1) is 30.0 Å². The number of nitro benzene ring substituents is 1. The number of aliphatic hydroxyl groups is 2. The van der Waals surface area contributed by atoms with Crippen LogP contribution in [0.3, 0.4) is 0 Å². The molecule has 6 aromatic rings. The average Bonchev–Trinajstić information content (AvgIpc) is 3.64. The van der Waals surface area contributed by atoms with E-state index in [4.69, 9.17) is 10.2 Å². The first-order valence-electron chi connectivity index (χ1n) is 14.1. The molecule has 13 nitrogen and oxygen atoms in total. The van der Waals surface area contributed by atoms with Crippen LogP contribution in [0, 0.1) is 24.0 Å². The Morgan fingerprint density at radius 2 is 1.15 bits per heavy atom. The zero-order valence-electron chi connectivity index (χ0n) is 25.0. The molecule has 47 heavy (non-hydrogen) atoms. The van der Waals surface area contributed by atoms with Crippen molar-refractivity contribution in [3.63, 3.8) is 0 Å². The summed E-state index contributed by atoms with van der Waals surface area (Å²) in [7, 11) is 0. The van der Waals surface area contributed by atoms with Crippen LogP contribution in [0.1, 0.15) is 27.8 Å². The fourth-order valence-corrected chi connectivity index (χ4v) is 4.84. The number of phenols is 2. The lowest BCUT2D eigenvalue weighted by Crippen LogP contribution is -2.04. The third kappa shape index (κ3) is 6.97. The van der Waals surface area contributed by atoms with Gasteiger partial charge in [0.25, 0.3) is 5.69 Å². The monoisotopic (exact) mass is 651 g/mol. The molecule has 2 heterocycles. The Morgan fingerprint density at radius 1 is 0.702 bits per heavy atom. The van der Waals surface area contributed by atoms with E-state index in [1.165, 1.54) is 29.1 Å². The van der Waals surface area contributed by atoms with Gasteiger partial charge < -0.3 is 20.4 Å². The Kier molecular flexibility index (Phi) is 9.08. The number of aromatic nitrogens is 6. The Morgan fingerprint density at radius 3 is 1.60 bits per heavy atom. The Balaban J connectivity index is 0.000000185. The summed E-state index contributed by atoms with van der Waals surface area (Å²) in [6.45, 7) is 3.36. The highest BCUT2D eigenvalue weighted by Crippen LogP contribution is 2.32. The van der Waals surface area contributed by atoms with Crippen LogP contribution >= 0.6 is 0 Å². The number of aliphatic hydroxyl groups excluding tert-OH is 2. The lowest BCUT2D eigenvalue weighted by atomic mass is 10.1. The minimum atomic E-state index is -4.46. The predicted octanol–water partition coefficient (Wildman–Crippen LogP) is 4.87. The molecular formula is C31H28F3N7O6. The van der Waals surface area contributed by atoms with E-state index in [-0.39, 0.29) is 47.1 Å². The van der Waals surface area contributed by atoms with Crippen LogP contribution < -0.4 is 0 Å². The van der Waals surface area contributed by atoms with Crippen LogP contribution in [0.2, 0.25) is 0 Å². The van der Waals surface area contributed by atoms with E-state index in [1.54, 1.807) is 38.1 Å². The van der Waals surface area contributed by atoms with Crippen LogP contribution in [0.5, 0.6) is 11.5 Å². The van der Waals surface area contributed by atoms with E-state index in [1.807, 2.05) is 0 Å². The molecule has 0 saturated carbocycles. The van der Waals surface area contributed by atoms with E-state index in [0.29, 0.717) is 40.7 Å². The number of alkyl halides is 3. The van der Waals surface area contributed by atoms with E-state index in [0.717, 1.165) is 28.1 Å². The first-order chi connectivity index (χ1) is 22.3. The average molecular weight is 652 g/mol. The number of aromatic hydroxyl groups is 2. The molecule has 0 saturated heterocycles. The van der Waals surface area contributed by atoms with Crippen LogP contribution in [0.25, 0.3) is 33.4 Å². The second-order valence-corrected chi connectivity index (χ2v) is 10.6. The van der Waals surface area contributed by atoms with Gasteiger partial charge in [0.05, 0.1) is 10.5 Å². The van der Waals surface area contributed by atoms with Crippen molar-refractivity contribution in [2.24, 2.45) is 0 Å². The molecule has 0 atom stereocenters. The van der Waals surface area contributed by atoms with E-state index >= 15 is 0 Å². The summed E-state index contributed by atoms with van der Waals surface area (Å²) in [5, 5.41) is 66.0. The molecule has 0 aliphatic heterocycles. The topological polar surface area (TPSA) is 185 Å². The summed E-state index contributed by atoms with van der Waals surface area (Å²) >= 11 is 0. The van der Waals surface area contributed by atoms with Crippen LogP contribution in [0.15, 0.2) is 60.7 Å². The number of hydrogen-bond acceptors (Lipinski definition) is 10. The quantitative estimate of drug-likeness (QED) is 0.137. The van der Waals surface area contributed by atoms with Crippen LogP contribution in [-0.4, -0.2) is 68.6 Å². The van der Waals surface area contributed by atoms with Gasteiger partial charge in [0, 0.05) is 25.3 Å². The van der Waals surface area contributed by atoms with E-state index in [2.05, 4.69) is 20.4 Å². The summed E-state index contributed by atoms with van der Waals surface area (Å²) in [5.41, 5.74) is 3.76. The zero-order chi connectivity index (χ0) is 34.0. The number of fused-ring (bicyclic) bond motifs is 2. The summed E-state index contributed by atoms with van der Waals surface area (Å²) in [6.07, 6.45) is -3.63. The molecular weight excluding hydrogens is 623 g/mol. The number of hydrogen-bond donors (Lipinski definition) is 4. The molecule has 0 fully saturated rings. The van der Waals surface area contributed by atoms with Gasteiger partial charge in [-0.2, -0.15) is 13.2 Å². The third-order valence-corrected chi connectivity index (χ3v) is 7.19. The van der Waals surface area contributed by atoms with Gasteiger partial charge in [0.2, 0.25) is 0 Å². The first-order valence-corrected chi connectivity index (χ1v) is 14.1. The Bertz CT molecular complexity index is 2110. The summed E-state index contributed by atoms with van der Waals surface area (Å²) in [5.74, 6) is -0.0328. The highest BCUT2D eigenvalue weighted by Gasteiger charge is 2.31. The maximum atomic E-state index is 12.8.